The third-order valence-electron chi connectivity index (χ3n) is 4.93. The molecule has 104 valence electrons. The quantitative estimate of drug-likeness (QED) is 0.903. The number of rotatable bonds is 4. The van der Waals surface area contributed by atoms with Crippen LogP contribution in [0.2, 0.25) is 0 Å². The number of hydrogen-bond acceptors (Lipinski definition) is 3. The van der Waals surface area contributed by atoms with Gasteiger partial charge in [-0.3, -0.25) is 4.90 Å². The minimum absolute atomic E-state index is 0.206. The van der Waals surface area contributed by atoms with E-state index in [0.29, 0.717) is 6.04 Å². The number of fused-ring (bicyclic) bond motifs is 1. The number of likely N-dealkylation sites (N-methyl/N-ethyl adjacent to an activating group) is 1. The molecule has 0 spiro atoms. The van der Waals surface area contributed by atoms with Crippen LogP contribution >= 0.6 is 0 Å². The van der Waals surface area contributed by atoms with Crippen molar-refractivity contribution < 1.29 is 9.84 Å². The minimum atomic E-state index is -0.392. The van der Waals surface area contributed by atoms with Gasteiger partial charge in [-0.05, 0) is 62.4 Å². The molecule has 3 unspecified atom stereocenters. The van der Waals surface area contributed by atoms with Crippen molar-refractivity contribution in [1.29, 1.82) is 0 Å². The first kappa shape index (κ1) is 12.9. The predicted molar refractivity (Wildman–Crippen MR) is 75.4 cm³/mol. The van der Waals surface area contributed by atoms with E-state index in [9.17, 15) is 5.11 Å². The predicted octanol–water partition coefficient (Wildman–Crippen LogP) is 2.38. The molecular formula is C16H23NO2. The summed E-state index contributed by atoms with van der Waals surface area (Å²) in [5.41, 5.74) is 2.30. The maximum atomic E-state index is 10.6. The van der Waals surface area contributed by atoms with E-state index in [1.807, 2.05) is 12.1 Å². The lowest BCUT2D eigenvalue weighted by atomic mass is 10.1. The number of benzene rings is 1. The fourth-order valence-electron chi connectivity index (χ4n) is 3.29. The maximum Gasteiger partial charge on any atom is 0.119 e. The van der Waals surface area contributed by atoms with Gasteiger partial charge < -0.3 is 9.84 Å². The van der Waals surface area contributed by atoms with Crippen molar-refractivity contribution in [2.24, 2.45) is 5.92 Å². The van der Waals surface area contributed by atoms with Crippen LogP contribution in [0.1, 0.15) is 37.0 Å². The monoisotopic (exact) mass is 261 g/mol. The molecule has 1 aromatic rings. The van der Waals surface area contributed by atoms with Crippen molar-refractivity contribution in [3.8, 4) is 5.75 Å². The van der Waals surface area contributed by atoms with E-state index in [1.54, 1.807) is 7.11 Å². The molecule has 0 heterocycles. The van der Waals surface area contributed by atoms with Gasteiger partial charge in [0.05, 0.1) is 13.2 Å². The number of aliphatic hydroxyl groups excluding tert-OH is 1. The molecule has 1 N–H and O–H groups in total. The number of nitrogens with zero attached hydrogens (tertiary/aromatic N) is 1. The van der Waals surface area contributed by atoms with E-state index in [4.69, 9.17) is 4.74 Å². The van der Waals surface area contributed by atoms with Gasteiger partial charge in [-0.2, -0.15) is 0 Å². The van der Waals surface area contributed by atoms with Crippen LogP contribution in [0.25, 0.3) is 0 Å². The van der Waals surface area contributed by atoms with Crippen molar-refractivity contribution in [3.05, 3.63) is 29.3 Å². The van der Waals surface area contributed by atoms with Crippen LogP contribution in [0, 0.1) is 5.92 Å². The van der Waals surface area contributed by atoms with Crippen LogP contribution in [-0.2, 0) is 6.42 Å². The number of hydrogen-bond donors (Lipinski definition) is 1. The summed E-state index contributed by atoms with van der Waals surface area (Å²) >= 11 is 0. The lowest BCUT2D eigenvalue weighted by Crippen LogP contribution is -2.42. The van der Waals surface area contributed by atoms with Gasteiger partial charge in [-0.15, -0.1) is 0 Å². The van der Waals surface area contributed by atoms with E-state index in [1.165, 1.54) is 18.4 Å². The number of aliphatic hydroxyl groups is 1. The Morgan fingerprint density at radius 3 is 2.74 bits per heavy atom. The second kappa shape index (κ2) is 4.80. The first-order valence-electron chi connectivity index (χ1n) is 7.18. The fourth-order valence-corrected chi connectivity index (χ4v) is 3.29. The summed E-state index contributed by atoms with van der Waals surface area (Å²) in [6.07, 6.45) is 3.23. The standard InChI is InChI=1S/C16H23NO2/c1-10(11-4-5-11)17(2)15-8-12-6-7-13(19-3)9-14(12)16(15)18/h6-7,9-11,15-16,18H,4-5,8H2,1-3H3. The Balaban J connectivity index is 1.80. The zero-order valence-electron chi connectivity index (χ0n) is 12.0. The first-order chi connectivity index (χ1) is 9.11. The van der Waals surface area contributed by atoms with Gasteiger partial charge in [0.1, 0.15) is 5.75 Å². The molecule has 3 atom stereocenters. The smallest absolute Gasteiger partial charge is 0.119 e. The van der Waals surface area contributed by atoms with Crippen LogP contribution in [0.3, 0.4) is 0 Å². The van der Waals surface area contributed by atoms with E-state index < -0.39 is 6.10 Å². The number of ether oxygens (including phenoxy) is 1. The average molecular weight is 261 g/mol. The molecule has 0 bridgehead atoms. The van der Waals surface area contributed by atoms with Crippen molar-refractivity contribution in [1.82, 2.24) is 4.90 Å². The van der Waals surface area contributed by atoms with Crippen molar-refractivity contribution in [2.45, 2.75) is 44.4 Å². The Labute approximate surface area is 115 Å². The summed E-state index contributed by atoms with van der Waals surface area (Å²) in [5, 5.41) is 10.6. The molecule has 0 aliphatic heterocycles. The fraction of sp³-hybridized carbons (Fsp3) is 0.625. The van der Waals surface area contributed by atoms with Crippen molar-refractivity contribution in [3.63, 3.8) is 0 Å². The molecule has 1 aromatic carbocycles. The molecule has 0 radical (unpaired) electrons. The first-order valence-corrected chi connectivity index (χ1v) is 7.18. The second-order valence-electron chi connectivity index (χ2n) is 6.02. The van der Waals surface area contributed by atoms with Gasteiger partial charge in [-0.25, -0.2) is 0 Å². The van der Waals surface area contributed by atoms with Crippen LogP contribution in [0.5, 0.6) is 5.75 Å². The Bertz CT molecular complexity index is 470. The average Bonchev–Trinajstić information content (AvgIpc) is 3.22. The highest BCUT2D eigenvalue weighted by atomic mass is 16.5. The molecule has 0 saturated heterocycles. The third kappa shape index (κ3) is 2.26. The van der Waals surface area contributed by atoms with Crippen molar-refractivity contribution >= 4 is 0 Å². The van der Waals surface area contributed by atoms with Crippen LogP contribution in [0.15, 0.2) is 18.2 Å². The molecule has 2 aliphatic carbocycles. The van der Waals surface area contributed by atoms with E-state index in [2.05, 4.69) is 24.9 Å². The van der Waals surface area contributed by atoms with Gasteiger partial charge in [0.2, 0.25) is 0 Å². The molecule has 0 amide bonds. The van der Waals surface area contributed by atoms with Crippen LogP contribution in [-0.4, -0.2) is 36.2 Å². The molecule has 2 aliphatic rings. The lowest BCUT2D eigenvalue weighted by Gasteiger charge is -2.32. The third-order valence-corrected chi connectivity index (χ3v) is 4.93. The summed E-state index contributed by atoms with van der Waals surface area (Å²) in [6, 6.07) is 6.83. The van der Waals surface area contributed by atoms with Crippen LogP contribution < -0.4 is 4.74 Å². The highest BCUT2D eigenvalue weighted by Gasteiger charge is 2.39. The van der Waals surface area contributed by atoms with Crippen molar-refractivity contribution in [2.75, 3.05) is 14.2 Å². The Hall–Kier alpha value is -1.06. The largest absolute Gasteiger partial charge is 0.497 e. The Morgan fingerprint density at radius 2 is 2.11 bits per heavy atom. The summed E-state index contributed by atoms with van der Waals surface area (Å²) in [4.78, 5) is 2.37. The Kier molecular flexibility index (Phi) is 3.27. The molecule has 19 heavy (non-hydrogen) atoms. The highest BCUT2D eigenvalue weighted by Crippen LogP contribution is 2.40. The second-order valence-corrected chi connectivity index (χ2v) is 6.02. The van der Waals surface area contributed by atoms with E-state index in [-0.39, 0.29) is 6.04 Å². The molecule has 0 aromatic heterocycles. The van der Waals surface area contributed by atoms with Gasteiger partial charge >= 0.3 is 0 Å². The van der Waals surface area contributed by atoms with E-state index in [0.717, 1.165) is 23.7 Å². The van der Waals surface area contributed by atoms with Gasteiger partial charge in [0.25, 0.3) is 0 Å². The normalized spacial score (nSPS) is 27.4. The number of methoxy groups -OCH3 is 1. The van der Waals surface area contributed by atoms with Crippen LogP contribution in [0.4, 0.5) is 0 Å². The zero-order chi connectivity index (χ0) is 13.6. The Morgan fingerprint density at radius 1 is 1.37 bits per heavy atom. The summed E-state index contributed by atoms with van der Waals surface area (Å²) < 4.78 is 5.25. The molecule has 1 fully saturated rings. The molecule has 1 saturated carbocycles. The molecule has 3 nitrogen and oxygen atoms in total. The van der Waals surface area contributed by atoms with Gasteiger partial charge in [0.15, 0.2) is 0 Å². The molecule has 3 heteroatoms. The summed E-state index contributed by atoms with van der Waals surface area (Å²) in [7, 11) is 3.82. The molecule has 3 rings (SSSR count). The summed E-state index contributed by atoms with van der Waals surface area (Å²) in [6.45, 7) is 2.29. The lowest BCUT2D eigenvalue weighted by molar-refractivity contribution is 0.0502. The topological polar surface area (TPSA) is 32.7 Å². The summed E-state index contributed by atoms with van der Waals surface area (Å²) in [5.74, 6) is 1.66. The van der Waals surface area contributed by atoms with Gasteiger partial charge in [-0.1, -0.05) is 6.07 Å². The SMILES string of the molecule is COc1ccc2c(c1)C(O)C(N(C)C(C)C1CC1)C2. The maximum absolute atomic E-state index is 10.6. The zero-order valence-corrected chi connectivity index (χ0v) is 12.0. The van der Waals surface area contributed by atoms with E-state index >= 15 is 0 Å². The highest BCUT2D eigenvalue weighted by molar-refractivity contribution is 5.41. The molecular weight excluding hydrogens is 238 g/mol. The minimum Gasteiger partial charge on any atom is -0.497 e. The van der Waals surface area contributed by atoms with Gasteiger partial charge in [0, 0.05) is 12.1 Å².